The van der Waals surface area contributed by atoms with E-state index in [1.165, 1.54) is 4.90 Å². The van der Waals surface area contributed by atoms with Gasteiger partial charge >= 0.3 is 7.12 Å². The molecule has 1 aromatic rings. The van der Waals surface area contributed by atoms with Crippen LogP contribution in [0.1, 0.15) is 27.7 Å². The quantitative estimate of drug-likeness (QED) is 0.790. The molecule has 0 spiro atoms. The lowest BCUT2D eigenvalue weighted by molar-refractivity contribution is -0.130. The van der Waals surface area contributed by atoms with E-state index in [9.17, 15) is 4.79 Å². The second kappa shape index (κ2) is 5.93. The zero-order valence-electron chi connectivity index (χ0n) is 14.2. The van der Waals surface area contributed by atoms with E-state index in [1.807, 2.05) is 52.0 Å². The van der Waals surface area contributed by atoms with E-state index in [2.05, 4.69) is 0 Å². The number of benzene rings is 1. The van der Waals surface area contributed by atoms with Crippen molar-refractivity contribution in [2.45, 2.75) is 38.9 Å². The summed E-state index contributed by atoms with van der Waals surface area (Å²) in [5, 5.41) is 0. The summed E-state index contributed by atoms with van der Waals surface area (Å²) in [7, 11) is 3.02. The summed E-state index contributed by atoms with van der Waals surface area (Å²) in [6, 6.07) is 7.45. The molecule has 0 aromatic heterocycles. The summed E-state index contributed by atoms with van der Waals surface area (Å²) in [5.41, 5.74) is 0.223. The minimum atomic E-state index is -0.387. The molecule has 22 heavy (non-hydrogen) atoms. The Morgan fingerprint density at radius 3 is 2.05 bits per heavy atom. The highest BCUT2D eigenvalue weighted by atomic mass is 16.7. The molecule has 6 heteroatoms. The topological polar surface area (TPSA) is 48.0 Å². The third-order valence-corrected chi connectivity index (χ3v) is 4.27. The van der Waals surface area contributed by atoms with Gasteiger partial charge in [0.15, 0.2) is 6.61 Å². The largest absolute Gasteiger partial charge is 0.494 e. The lowest BCUT2D eigenvalue weighted by Crippen LogP contribution is -2.41. The van der Waals surface area contributed by atoms with Gasteiger partial charge in [0, 0.05) is 14.1 Å². The van der Waals surface area contributed by atoms with Crippen LogP contribution in [0.5, 0.6) is 5.75 Å². The molecule has 0 N–H and O–H groups in total. The van der Waals surface area contributed by atoms with Crippen LogP contribution in [0.25, 0.3) is 0 Å². The van der Waals surface area contributed by atoms with Crippen LogP contribution in [0.2, 0.25) is 0 Å². The molecule has 1 saturated heterocycles. The van der Waals surface area contributed by atoms with Crippen LogP contribution in [-0.4, -0.2) is 49.8 Å². The van der Waals surface area contributed by atoms with Crippen LogP contribution in [0.3, 0.4) is 0 Å². The third kappa shape index (κ3) is 3.44. The summed E-state index contributed by atoms with van der Waals surface area (Å²) in [4.78, 5) is 13.0. The highest BCUT2D eigenvalue weighted by Gasteiger charge is 2.51. The fourth-order valence-corrected chi connectivity index (χ4v) is 1.97. The average molecular weight is 305 g/mol. The number of hydrogen-bond acceptors (Lipinski definition) is 4. The monoisotopic (exact) mass is 305 g/mol. The summed E-state index contributed by atoms with van der Waals surface area (Å²) in [5.74, 6) is 0.575. The zero-order chi connectivity index (χ0) is 16.5. The Bertz CT molecular complexity index is 524. The van der Waals surface area contributed by atoms with Crippen molar-refractivity contribution in [3.63, 3.8) is 0 Å². The first kappa shape index (κ1) is 16.8. The molecule has 0 radical (unpaired) electrons. The van der Waals surface area contributed by atoms with Gasteiger partial charge in [0.25, 0.3) is 5.91 Å². The predicted octanol–water partition coefficient (Wildman–Crippen LogP) is 1.45. The van der Waals surface area contributed by atoms with Crippen LogP contribution in [-0.2, 0) is 14.1 Å². The summed E-state index contributed by atoms with van der Waals surface area (Å²) in [6.45, 7) is 8.13. The Kier molecular flexibility index (Phi) is 4.54. The molecule has 0 unspecified atom stereocenters. The van der Waals surface area contributed by atoms with Gasteiger partial charge in [-0.2, -0.15) is 0 Å². The molecule has 0 atom stereocenters. The first-order valence-corrected chi connectivity index (χ1v) is 7.41. The van der Waals surface area contributed by atoms with Crippen molar-refractivity contribution in [1.82, 2.24) is 4.90 Å². The molecule has 0 saturated carbocycles. The number of carbonyl (C=O) groups is 1. The smallest absolute Gasteiger partial charge is 0.484 e. The van der Waals surface area contributed by atoms with E-state index in [-0.39, 0.29) is 30.8 Å². The molecular formula is C16H24BNO4. The van der Waals surface area contributed by atoms with Gasteiger partial charge in [-0.15, -0.1) is 0 Å². The van der Waals surface area contributed by atoms with E-state index >= 15 is 0 Å². The molecule has 5 nitrogen and oxygen atoms in total. The molecule has 1 heterocycles. The number of amides is 1. The molecule has 0 bridgehead atoms. The van der Waals surface area contributed by atoms with E-state index in [0.29, 0.717) is 5.75 Å². The first-order chi connectivity index (χ1) is 10.1. The number of hydrogen-bond donors (Lipinski definition) is 0. The minimum Gasteiger partial charge on any atom is -0.484 e. The fourth-order valence-electron chi connectivity index (χ4n) is 1.97. The highest BCUT2D eigenvalue weighted by molar-refractivity contribution is 6.62. The molecule has 1 fully saturated rings. The molecule has 120 valence electrons. The van der Waals surface area contributed by atoms with Crippen molar-refractivity contribution in [2.75, 3.05) is 20.7 Å². The fraction of sp³-hybridized carbons (Fsp3) is 0.562. The summed E-state index contributed by atoms with van der Waals surface area (Å²) in [6.07, 6.45) is 0. The van der Waals surface area contributed by atoms with Gasteiger partial charge in [-0.1, -0.05) is 12.1 Å². The third-order valence-electron chi connectivity index (χ3n) is 4.27. The SMILES string of the molecule is CN(C)C(=O)COc1ccc(B2OC(C)(C)C(C)(C)O2)cc1. The zero-order valence-corrected chi connectivity index (χ0v) is 14.2. The maximum absolute atomic E-state index is 11.5. The Morgan fingerprint density at radius 1 is 1.09 bits per heavy atom. The van der Waals surface area contributed by atoms with Gasteiger partial charge in [-0.3, -0.25) is 4.79 Å². The van der Waals surface area contributed by atoms with Gasteiger partial charge in [0.1, 0.15) is 5.75 Å². The average Bonchev–Trinajstić information content (AvgIpc) is 2.65. The number of carbonyl (C=O) groups excluding carboxylic acids is 1. The number of rotatable bonds is 4. The van der Waals surface area contributed by atoms with Crippen molar-refractivity contribution in [1.29, 1.82) is 0 Å². The molecule has 2 rings (SSSR count). The van der Waals surface area contributed by atoms with Crippen molar-refractivity contribution in [3.05, 3.63) is 24.3 Å². The van der Waals surface area contributed by atoms with Crippen LogP contribution in [0, 0.1) is 0 Å². The molecule has 1 aromatic carbocycles. The standard InChI is InChI=1S/C16H24BNO4/c1-15(2)16(3,4)22-17(21-15)12-7-9-13(10-8-12)20-11-14(19)18(5)6/h7-10H,11H2,1-6H3. The lowest BCUT2D eigenvalue weighted by atomic mass is 9.79. The normalized spacial score (nSPS) is 19.1. The Balaban J connectivity index is 2.00. The number of ether oxygens (including phenoxy) is 1. The van der Waals surface area contributed by atoms with Crippen molar-refractivity contribution < 1.29 is 18.8 Å². The number of likely N-dealkylation sites (N-methyl/N-ethyl adjacent to an activating group) is 1. The predicted molar refractivity (Wildman–Crippen MR) is 86.3 cm³/mol. The van der Waals surface area contributed by atoms with Gasteiger partial charge < -0.3 is 18.9 Å². The molecule has 1 amide bonds. The second-order valence-electron chi connectivity index (χ2n) is 6.73. The van der Waals surface area contributed by atoms with E-state index in [0.717, 1.165) is 5.46 Å². The molecule has 1 aliphatic rings. The molecular weight excluding hydrogens is 281 g/mol. The van der Waals surface area contributed by atoms with Crippen LogP contribution in [0.4, 0.5) is 0 Å². The van der Waals surface area contributed by atoms with Crippen molar-refractivity contribution in [3.8, 4) is 5.75 Å². The van der Waals surface area contributed by atoms with E-state index in [1.54, 1.807) is 14.1 Å². The molecule has 0 aliphatic carbocycles. The first-order valence-electron chi connectivity index (χ1n) is 7.41. The lowest BCUT2D eigenvalue weighted by Gasteiger charge is -2.32. The van der Waals surface area contributed by atoms with Crippen LogP contribution in [0.15, 0.2) is 24.3 Å². The molecule has 1 aliphatic heterocycles. The summed E-state index contributed by atoms with van der Waals surface area (Å²) < 4.78 is 17.4. The Morgan fingerprint density at radius 2 is 1.59 bits per heavy atom. The van der Waals surface area contributed by atoms with E-state index < -0.39 is 0 Å². The minimum absolute atomic E-state index is 0.0306. The van der Waals surface area contributed by atoms with Gasteiger partial charge in [0.2, 0.25) is 0 Å². The number of nitrogens with zero attached hydrogens (tertiary/aromatic N) is 1. The van der Waals surface area contributed by atoms with Crippen molar-refractivity contribution >= 4 is 18.5 Å². The maximum Gasteiger partial charge on any atom is 0.494 e. The van der Waals surface area contributed by atoms with Crippen LogP contribution >= 0.6 is 0 Å². The highest BCUT2D eigenvalue weighted by Crippen LogP contribution is 2.36. The van der Waals surface area contributed by atoms with Gasteiger partial charge in [-0.05, 0) is 45.3 Å². The van der Waals surface area contributed by atoms with Crippen molar-refractivity contribution in [2.24, 2.45) is 0 Å². The second-order valence-corrected chi connectivity index (χ2v) is 6.73. The summed E-state index contributed by atoms with van der Waals surface area (Å²) >= 11 is 0. The maximum atomic E-state index is 11.5. The van der Waals surface area contributed by atoms with Gasteiger partial charge in [-0.25, -0.2) is 0 Å². The Labute approximate surface area is 132 Å². The van der Waals surface area contributed by atoms with Crippen LogP contribution < -0.4 is 10.2 Å². The van der Waals surface area contributed by atoms with E-state index in [4.69, 9.17) is 14.0 Å². The Hall–Kier alpha value is -1.53. The van der Waals surface area contributed by atoms with Gasteiger partial charge in [0.05, 0.1) is 11.2 Å².